The Morgan fingerprint density at radius 2 is 1.74 bits per heavy atom. The third-order valence-corrected chi connectivity index (χ3v) is 4.57. The van der Waals surface area contributed by atoms with Gasteiger partial charge in [0.15, 0.2) is 0 Å². The van der Waals surface area contributed by atoms with Gasteiger partial charge in [0.1, 0.15) is 12.1 Å². The first-order valence-electron chi connectivity index (χ1n) is 7.99. The summed E-state index contributed by atoms with van der Waals surface area (Å²) in [5.41, 5.74) is 8.29. The number of nitrogens with zero attached hydrogens (tertiary/aromatic N) is 4. The molecule has 1 aromatic carbocycles. The Kier molecular flexibility index (Phi) is 3.63. The quantitative estimate of drug-likeness (QED) is 0.912. The molecule has 120 valence electrons. The Labute approximate surface area is 135 Å². The maximum atomic E-state index is 6.58. The first-order chi connectivity index (χ1) is 11.2. The molecule has 1 aromatic heterocycles. The summed E-state index contributed by atoms with van der Waals surface area (Å²) >= 11 is 0. The normalized spacial score (nSPS) is 20.2. The van der Waals surface area contributed by atoms with Gasteiger partial charge in [-0.2, -0.15) is 0 Å². The van der Waals surface area contributed by atoms with Gasteiger partial charge in [0.2, 0.25) is 0 Å². The Hall–Kier alpha value is -2.18. The number of hydrogen-bond donors (Lipinski definition) is 1. The van der Waals surface area contributed by atoms with Crippen LogP contribution in [0.5, 0.6) is 0 Å². The van der Waals surface area contributed by atoms with Gasteiger partial charge in [-0.3, -0.25) is 0 Å². The predicted molar refractivity (Wildman–Crippen MR) is 89.6 cm³/mol. The van der Waals surface area contributed by atoms with E-state index in [0.29, 0.717) is 0 Å². The molecule has 2 aliphatic heterocycles. The molecule has 4 rings (SSSR count). The summed E-state index contributed by atoms with van der Waals surface area (Å²) in [5, 5.41) is 0. The van der Waals surface area contributed by atoms with Crippen LogP contribution in [0.15, 0.2) is 42.7 Å². The standard InChI is InChI=1S/C17H21N5O/c18-17(11-22(12-17)14-4-2-1-3-5-14)15-10-16(20-13-19-15)21-6-8-23-9-7-21/h1-5,10,13H,6-9,11-12,18H2. The molecular weight excluding hydrogens is 290 g/mol. The van der Waals surface area contributed by atoms with Crippen LogP contribution in [0.3, 0.4) is 0 Å². The Bertz CT molecular complexity index is 666. The summed E-state index contributed by atoms with van der Waals surface area (Å²) in [5.74, 6) is 0.946. The number of ether oxygens (including phenoxy) is 1. The zero-order valence-electron chi connectivity index (χ0n) is 13.1. The summed E-state index contributed by atoms with van der Waals surface area (Å²) in [6.45, 7) is 4.77. The number of morpholine rings is 1. The van der Waals surface area contributed by atoms with Crippen LogP contribution in [0, 0.1) is 0 Å². The Morgan fingerprint density at radius 3 is 2.48 bits per heavy atom. The molecule has 6 heteroatoms. The fourth-order valence-electron chi connectivity index (χ4n) is 3.20. The van der Waals surface area contributed by atoms with Gasteiger partial charge in [-0.15, -0.1) is 0 Å². The lowest BCUT2D eigenvalue weighted by Crippen LogP contribution is -2.65. The van der Waals surface area contributed by atoms with Gasteiger partial charge in [0, 0.05) is 37.9 Å². The molecule has 0 bridgehead atoms. The third-order valence-electron chi connectivity index (χ3n) is 4.57. The van der Waals surface area contributed by atoms with Crippen molar-refractivity contribution in [2.75, 3.05) is 49.2 Å². The van der Waals surface area contributed by atoms with Crippen LogP contribution in [0.4, 0.5) is 11.5 Å². The summed E-state index contributed by atoms with van der Waals surface area (Å²) in [6.07, 6.45) is 1.62. The van der Waals surface area contributed by atoms with Crippen LogP contribution in [-0.2, 0) is 10.3 Å². The number of benzene rings is 1. The number of anilines is 2. The summed E-state index contributed by atoms with van der Waals surface area (Å²) in [4.78, 5) is 13.3. The molecular formula is C17H21N5O. The van der Waals surface area contributed by atoms with E-state index in [2.05, 4.69) is 31.9 Å². The molecule has 2 saturated heterocycles. The average Bonchev–Trinajstić information content (AvgIpc) is 2.61. The van der Waals surface area contributed by atoms with E-state index in [4.69, 9.17) is 10.5 Å². The molecule has 23 heavy (non-hydrogen) atoms. The number of aromatic nitrogens is 2. The van der Waals surface area contributed by atoms with Crippen molar-refractivity contribution in [3.05, 3.63) is 48.4 Å². The second kappa shape index (κ2) is 5.79. The van der Waals surface area contributed by atoms with Gasteiger partial charge >= 0.3 is 0 Å². The molecule has 0 aliphatic carbocycles. The van der Waals surface area contributed by atoms with E-state index in [1.54, 1.807) is 6.33 Å². The van der Waals surface area contributed by atoms with Gasteiger partial charge in [-0.25, -0.2) is 9.97 Å². The largest absolute Gasteiger partial charge is 0.378 e. The van der Waals surface area contributed by atoms with Crippen LogP contribution < -0.4 is 15.5 Å². The van der Waals surface area contributed by atoms with E-state index >= 15 is 0 Å². The minimum Gasteiger partial charge on any atom is -0.378 e. The highest BCUT2D eigenvalue weighted by Crippen LogP contribution is 2.33. The second-order valence-corrected chi connectivity index (χ2v) is 6.21. The van der Waals surface area contributed by atoms with Crippen molar-refractivity contribution in [1.82, 2.24) is 9.97 Å². The van der Waals surface area contributed by atoms with Crippen molar-refractivity contribution >= 4 is 11.5 Å². The van der Waals surface area contributed by atoms with E-state index < -0.39 is 5.54 Å². The highest BCUT2D eigenvalue weighted by molar-refractivity contribution is 5.53. The lowest BCUT2D eigenvalue weighted by Gasteiger charge is -2.48. The van der Waals surface area contributed by atoms with Gasteiger partial charge in [-0.1, -0.05) is 18.2 Å². The summed E-state index contributed by atoms with van der Waals surface area (Å²) < 4.78 is 5.40. The zero-order chi connectivity index (χ0) is 15.7. The molecule has 6 nitrogen and oxygen atoms in total. The number of para-hydroxylation sites is 1. The minimum absolute atomic E-state index is 0.403. The highest BCUT2D eigenvalue weighted by atomic mass is 16.5. The molecule has 0 saturated carbocycles. The molecule has 2 aromatic rings. The van der Waals surface area contributed by atoms with Crippen molar-refractivity contribution in [2.24, 2.45) is 5.73 Å². The van der Waals surface area contributed by atoms with Crippen molar-refractivity contribution in [1.29, 1.82) is 0 Å². The monoisotopic (exact) mass is 311 g/mol. The van der Waals surface area contributed by atoms with Crippen LogP contribution in [0.1, 0.15) is 5.69 Å². The van der Waals surface area contributed by atoms with Crippen molar-refractivity contribution in [2.45, 2.75) is 5.54 Å². The predicted octanol–water partition coefficient (Wildman–Crippen LogP) is 0.987. The highest BCUT2D eigenvalue weighted by Gasteiger charge is 2.42. The first-order valence-corrected chi connectivity index (χ1v) is 7.99. The molecule has 0 atom stereocenters. The lowest BCUT2D eigenvalue weighted by molar-refractivity contribution is 0.122. The molecule has 2 fully saturated rings. The van der Waals surface area contributed by atoms with Crippen molar-refractivity contribution < 1.29 is 4.74 Å². The van der Waals surface area contributed by atoms with Gasteiger partial charge < -0.3 is 20.3 Å². The second-order valence-electron chi connectivity index (χ2n) is 6.21. The fourth-order valence-corrected chi connectivity index (χ4v) is 3.20. The maximum absolute atomic E-state index is 6.58. The van der Waals surface area contributed by atoms with E-state index in [0.717, 1.165) is 50.9 Å². The molecule has 3 heterocycles. The first kappa shape index (κ1) is 14.4. The van der Waals surface area contributed by atoms with E-state index in [1.165, 1.54) is 5.69 Å². The molecule has 0 unspecified atom stereocenters. The SMILES string of the molecule is NC1(c2cc(N3CCOCC3)ncn2)CN(c2ccccc2)C1. The molecule has 2 aliphatic rings. The van der Waals surface area contributed by atoms with Crippen molar-refractivity contribution in [3.8, 4) is 0 Å². The number of rotatable bonds is 3. The van der Waals surface area contributed by atoms with Gasteiger partial charge in [0.25, 0.3) is 0 Å². The lowest BCUT2D eigenvalue weighted by atomic mass is 9.86. The van der Waals surface area contributed by atoms with Gasteiger partial charge in [0.05, 0.1) is 24.4 Å². The summed E-state index contributed by atoms with van der Waals surface area (Å²) in [7, 11) is 0. The maximum Gasteiger partial charge on any atom is 0.132 e. The minimum atomic E-state index is -0.403. The van der Waals surface area contributed by atoms with Crippen LogP contribution in [0.25, 0.3) is 0 Å². The molecule has 0 amide bonds. The number of nitrogens with two attached hydrogens (primary N) is 1. The molecule has 2 N–H and O–H groups in total. The van der Waals surface area contributed by atoms with Crippen LogP contribution in [0.2, 0.25) is 0 Å². The average molecular weight is 311 g/mol. The van der Waals surface area contributed by atoms with Crippen molar-refractivity contribution in [3.63, 3.8) is 0 Å². The van der Waals surface area contributed by atoms with E-state index in [9.17, 15) is 0 Å². The van der Waals surface area contributed by atoms with E-state index in [1.807, 2.05) is 24.3 Å². The fraction of sp³-hybridized carbons (Fsp3) is 0.412. The van der Waals surface area contributed by atoms with E-state index in [-0.39, 0.29) is 0 Å². The Balaban J connectivity index is 1.50. The Morgan fingerprint density at radius 1 is 1.00 bits per heavy atom. The van der Waals surface area contributed by atoms with Crippen LogP contribution >= 0.6 is 0 Å². The number of hydrogen-bond acceptors (Lipinski definition) is 6. The third kappa shape index (κ3) is 2.75. The summed E-state index contributed by atoms with van der Waals surface area (Å²) in [6, 6.07) is 12.4. The topological polar surface area (TPSA) is 67.5 Å². The molecule has 0 spiro atoms. The zero-order valence-corrected chi connectivity index (χ0v) is 13.1. The van der Waals surface area contributed by atoms with Gasteiger partial charge in [-0.05, 0) is 12.1 Å². The smallest absolute Gasteiger partial charge is 0.132 e. The molecule has 0 radical (unpaired) electrons. The van der Waals surface area contributed by atoms with Crippen LogP contribution in [-0.4, -0.2) is 49.4 Å².